The lowest BCUT2D eigenvalue weighted by molar-refractivity contribution is 0.0946. The van der Waals surface area contributed by atoms with Gasteiger partial charge in [0, 0.05) is 71.9 Å². The maximum absolute atomic E-state index is 6.03. The number of aromatic nitrogens is 1. The Morgan fingerprint density at radius 2 is 2.09 bits per heavy atom. The number of hydrogen-bond donors (Lipinski definition) is 1. The Morgan fingerprint density at radius 3 is 2.74 bits per heavy atom. The fraction of sp³-hybridized carbons (Fsp3) is 0.630. The van der Waals surface area contributed by atoms with Crippen LogP contribution in [0, 0.1) is 0 Å². The smallest absolute Gasteiger partial charge is 0.138 e. The van der Waals surface area contributed by atoms with E-state index in [2.05, 4.69) is 85.8 Å². The summed E-state index contributed by atoms with van der Waals surface area (Å²) in [5.41, 5.74) is 4.93. The highest BCUT2D eigenvalue weighted by Gasteiger charge is 2.30. The van der Waals surface area contributed by atoms with Crippen molar-refractivity contribution in [3.63, 3.8) is 0 Å². The lowest BCUT2D eigenvalue weighted by Crippen LogP contribution is -2.35. The van der Waals surface area contributed by atoms with Crippen LogP contribution in [0.15, 0.2) is 40.8 Å². The Balaban J connectivity index is 1.67. The molecule has 1 saturated heterocycles. The predicted octanol–water partition coefficient (Wildman–Crippen LogP) is 5.03. The van der Waals surface area contributed by atoms with E-state index in [-0.39, 0.29) is 0 Å². The molecule has 2 aliphatic rings. The van der Waals surface area contributed by atoms with Crippen LogP contribution in [0.25, 0.3) is 0 Å². The topological polar surface area (TPSA) is 56.2 Å². The summed E-state index contributed by atoms with van der Waals surface area (Å²) in [7, 11) is 3.05. The molecule has 0 saturated carbocycles. The van der Waals surface area contributed by atoms with E-state index in [4.69, 9.17) is 14.7 Å². The molecule has 3 rings (SSSR count). The quantitative estimate of drug-likeness (QED) is 0.341. The summed E-state index contributed by atoms with van der Waals surface area (Å²) in [6.07, 6.45) is 8.40. The van der Waals surface area contributed by atoms with E-state index in [1.807, 2.05) is 13.2 Å². The highest BCUT2D eigenvalue weighted by atomic mass is 28.3. The number of aliphatic imine (C=N–C) groups is 1. The van der Waals surface area contributed by atoms with Crippen molar-refractivity contribution in [3.8, 4) is 0 Å². The minimum Gasteiger partial charge on any atom is -0.387 e. The highest BCUT2D eigenvalue weighted by Crippen LogP contribution is 2.28. The van der Waals surface area contributed by atoms with E-state index in [1.165, 1.54) is 22.9 Å². The lowest BCUT2D eigenvalue weighted by atomic mass is 10.1. The van der Waals surface area contributed by atoms with Crippen molar-refractivity contribution in [3.05, 3.63) is 41.4 Å². The number of pyridine rings is 1. The number of nitrogens with one attached hydrogen (secondary N) is 1. The summed E-state index contributed by atoms with van der Waals surface area (Å²) in [5, 5.41) is 3.25. The SMILES string of the molecule is CCN=C1/C(=C(\C)N2CC[C@@H](N(C)c3cc(CC)c(NC)cn3)C2)C=CN1COCC[Si](C)(C)C. The van der Waals surface area contributed by atoms with Gasteiger partial charge in [-0.2, -0.15) is 0 Å². The van der Waals surface area contributed by atoms with Crippen LogP contribution in [0.2, 0.25) is 25.7 Å². The molecule has 1 atom stereocenters. The Bertz CT molecular complexity index is 951. The molecule has 3 heterocycles. The summed E-state index contributed by atoms with van der Waals surface area (Å²) in [4.78, 5) is 16.6. The van der Waals surface area contributed by atoms with E-state index in [0.717, 1.165) is 56.4 Å². The summed E-state index contributed by atoms with van der Waals surface area (Å²) in [5.74, 6) is 2.08. The molecular weight excluding hydrogens is 452 g/mol. The molecule has 0 aliphatic carbocycles. The van der Waals surface area contributed by atoms with Gasteiger partial charge < -0.3 is 24.8 Å². The second kappa shape index (κ2) is 12.1. The van der Waals surface area contributed by atoms with Crippen molar-refractivity contribution >= 4 is 25.4 Å². The third-order valence-electron chi connectivity index (χ3n) is 7.03. The second-order valence-electron chi connectivity index (χ2n) is 10.7. The summed E-state index contributed by atoms with van der Waals surface area (Å²) < 4.78 is 6.03. The van der Waals surface area contributed by atoms with Crippen molar-refractivity contribution in [2.24, 2.45) is 4.99 Å². The molecule has 2 aliphatic heterocycles. The third-order valence-corrected chi connectivity index (χ3v) is 8.73. The third kappa shape index (κ3) is 6.88. The number of aryl methyl sites for hydroxylation is 1. The van der Waals surface area contributed by atoms with Crippen molar-refractivity contribution in [2.75, 3.05) is 57.3 Å². The minimum absolute atomic E-state index is 0.432. The Morgan fingerprint density at radius 1 is 1.31 bits per heavy atom. The van der Waals surface area contributed by atoms with Crippen LogP contribution in [0.3, 0.4) is 0 Å². The van der Waals surface area contributed by atoms with Crippen molar-refractivity contribution in [2.45, 2.75) is 65.3 Å². The zero-order valence-corrected chi connectivity index (χ0v) is 24.2. The van der Waals surface area contributed by atoms with Gasteiger partial charge in [-0.05, 0) is 50.4 Å². The Kier molecular flexibility index (Phi) is 9.41. The minimum atomic E-state index is -1.09. The number of allylic oxidation sites excluding steroid dienone is 1. The normalized spacial score (nSPS) is 20.8. The number of rotatable bonds is 11. The molecule has 0 bridgehead atoms. The number of nitrogens with zero attached hydrogens (tertiary/aromatic N) is 5. The van der Waals surface area contributed by atoms with Gasteiger partial charge in [0.25, 0.3) is 0 Å². The van der Waals surface area contributed by atoms with E-state index in [0.29, 0.717) is 12.8 Å². The second-order valence-corrected chi connectivity index (χ2v) is 16.4. The predicted molar refractivity (Wildman–Crippen MR) is 152 cm³/mol. The van der Waals surface area contributed by atoms with Gasteiger partial charge in [-0.1, -0.05) is 26.6 Å². The van der Waals surface area contributed by atoms with Crippen molar-refractivity contribution < 1.29 is 4.74 Å². The average molecular weight is 499 g/mol. The van der Waals surface area contributed by atoms with Crippen LogP contribution in [0.4, 0.5) is 11.5 Å². The van der Waals surface area contributed by atoms with Gasteiger partial charge in [-0.3, -0.25) is 4.99 Å². The monoisotopic (exact) mass is 498 g/mol. The van der Waals surface area contributed by atoms with Gasteiger partial charge >= 0.3 is 0 Å². The number of amidine groups is 1. The number of ether oxygens (including phenoxy) is 1. The molecule has 0 aromatic carbocycles. The van der Waals surface area contributed by atoms with Crippen LogP contribution >= 0.6 is 0 Å². The fourth-order valence-corrected chi connectivity index (χ4v) is 5.39. The van der Waals surface area contributed by atoms with Gasteiger partial charge in [0.15, 0.2) is 0 Å². The van der Waals surface area contributed by atoms with Crippen LogP contribution in [-0.2, 0) is 11.2 Å². The number of likely N-dealkylation sites (N-methyl/N-ethyl adjacent to an activating group) is 1. The van der Waals surface area contributed by atoms with Crippen molar-refractivity contribution in [1.29, 1.82) is 0 Å². The highest BCUT2D eigenvalue weighted by molar-refractivity contribution is 6.76. The molecule has 35 heavy (non-hydrogen) atoms. The molecule has 194 valence electrons. The molecule has 7 nitrogen and oxygen atoms in total. The average Bonchev–Trinajstić information content (AvgIpc) is 3.48. The number of anilines is 2. The first kappa shape index (κ1) is 27.3. The molecule has 0 unspecified atom stereocenters. The molecule has 1 aromatic heterocycles. The van der Waals surface area contributed by atoms with Gasteiger partial charge in [0.1, 0.15) is 18.4 Å². The summed E-state index contributed by atoms with van der Waals surface area (Å²) in [6.45, 7) is 17.9. The molecular formula is C27H46N6OSi. The molecule has 1 fully saturated rings. The van der Waals surface area contributed by atoms with E-state index in [1.54, 1.807) is 0 Å². The van der Waals surface area contributed by atoms with Gasteiger partial charge in [-0.15, -0.1) is 0 Å². The van der Waals surface area contributed by atoms with Crippen LogP contribution in [0.5, 0.6) is 0 Å². The van der Waals surface area contributed by atoms with Gasteiger partial charge in [0.05, 0.1) is 11.9 Å². The zero-order valence-electron chi connectivity index (χ0n) is 23.2. The van der Waals surface area contributed by atoms with E-state index >= 15 is 0 Å². The lowest BCUT2D eigenvalue weighted by Gasteiger charge is -2.28. The molecule has 1 N–H and O–H groups in total. The van der Waals surface area contributed by atoms with Crippen LogP contribution in [-0.4, -0.2) is 81.8 Å². The van der Waals surface area contributed by atoms with E-state index in [9.17, 15) is 0 Å². The molecule has 1 aromatic rings. The maximum atomic E-state index is 6.03. The fourth-order valence-electron chi connectivity index (χ4n) is 4.63. The molecule has 0 spiro atoms. The summed E-state index contributed by atoms with van der Waals surface area (Å²) in [6, 6.07) is 3.84. The largest absolute Gasteiger partial charge is 0.387 e. The number of likely N-dealkylation sites (tertiary alicyclic amines) is 1. The van der Waals surface area contributed by atoms with Crippen LogP contribution in [0.1, 0.15) is 32.8 Å². The number of hydrogen-bond acceptors (Lipinski definition) is 6. The maximum Gasteiger partial charge on any atom is 0.138 e. The van der Waals surface area contributed by atoms with Gasteiger partial charge in [-0.25, -0.2) is 4.98 Å². The van der Waals surface area contributed by atoms with Crippen LogP contribution < -0.4 is 10.2 Å². The molecule has 0 radical (unpaired) electrons. The molecule has 0 amide bonds. The summed E-state index contributed by atoms with van der Waals surface area (Å²) >= 11 is 0. The Labute approximate surface area is 214 Å². The van der Waals surface area contributed by atoms with E-state index < -0.39 is 8.07 Å². The van der Waals surface area contributed by atoms with Crippen molar-refractivity contribution in [1.82, 2.24) is 14.8 Å². The first-order valence-electron chi connectivity index (χ1n) is 13.1. The standard InChI is InChI=1S/C27H46N6OSi/c1-9-22-17-26(30-18-25(22)28-4)31(5)23-11-13-32(19-23)21(3)24-12-14-33(27(24)29-10-2)20-34-15-16-35(6,7)8/h12,14,17-18,23,28H,9-11,13,15-16,19-20H2,1-8H3/b24-21+,29-27?/t23-/m1/s1. The first-order valence-corrected chi connectivity index (χ1v) is 16.8. The molecule has 8 heteroatoms. The zero-order chi connectivity index (χ0) is 25.6. The van der Waals surface area contributed by atoms with Gasteiger partial charge in [0.2, 0.25) is 0 Å². The first-order chi connectivity index (χ1) is 16.7. The Hall–Kier alpha value is -2.32.